The van der Waals surface area contributed by atoms with Crippen LogP contribution in [0.15, 0.2) is 0 Å². The van der Waals surface area contributed by atoms with E-state index < -0.39 is 0 Å². The second-order valence-corrected chi connectivity index (χ2v) is 3.17. The number of nitrogens with zero attached hydrogens (tertiary/aromatic N) is 1. The number of nitrogens with two attached hydrogens (primary N) is 1. The number of rotatable bonds is 4. The second-order valence-electron chi connectivity index (χ2n) is 3.17. The van der Waals surface area contributed by atoms with E-state index in [0.717, 1.165) is 38.8 Å². The standard InChI is InChI=1S/C9H17N2O/c10-6-2-1-5-9(12)11-7-3-4-8-11/h5H,1-4,6-8,10H2. The molecule has 3 nitrogen and oxygen atoms in total. The van der Waals surface area contributed by atoms with Crippen LogP contribution in [0.2, 0.25) is 0 Å². The zero-order valence-corrected chi connectivity index (χ0v) is 7.46. The molecule has 0 spiro atoms. The molecule has 1 amide bonds. The number of carbonyl (C=O) groups excluding carboxylic acids is 1. The van der Waals surface area contributed by atoms with Gasteiger partial charge >= 0.3 is 0 Å². The Labute approximate surface area is 73.9 Å². The van der Waals surface area contributed by atoms with Crippen molar-refractivity contribution in [3.63, 3.8) is 0 Å². The third-order valence-electron chi connectivity index (χ3n) is 2.14. The Balaban J connectivity index is 2.10. The molecule has 0 bridgehead atoms. The van der Waals surface area contributed by atoms with Crippen LogP contribution >= 0.6 is 0 Å². The van der Waals surface area contributed by atoms with Crippen LogP contribution < -0.4 is 5.73 Å². The molecule has 1 aliphatic rings. The molecule has 1 fully saturated rings. The Bertz CT molecular complexity index is 141. The number of amides is 1. The summed E-state index contributed by atoms with van der Waals surface area (Å²) >= 11 is 0. The van der Waals surface area contributed by atoms with Gasteiger partial charge in [0.1, 0.15) is 0 Å². The molecule has 0 aromatic heterocycles. The maximum atomic E-state index is 11.3. The summed E-state index contributed by atoms with van der Waals surface area (Å²) in [7, 11) is 0. The summed E-state index contributed by atoms with van der Waals surface area (Å²) < 4.78 is 0. The molecule has 0 aromatic rings. The van der Waals surface area contributed by atoms with E-state index in [1.54, 1.807) is 6.42 Å². The molecule has 2 N–H and O–H groups in total. The van der Waals surface area contributed by atoms with E-state index in [1.807, 2.05) is 4.90 Å². The summed E-state index contributed by atoms with van der Waals surface area (Å²) in [5.74, 6) is 0.195. The summed E-state index contributed by atoms with van der Waals surface area (Å²) in [5.41, 5.74) is 5.32. The van der Waals surface area contributed by atoms with Gasteiger partial charge in [-0.1, -0.05) is 0 Å². The van der Waals surface area contributed by atoms with Crippen LogP contribution in [0.1, 0.15) is 25.7 Å². The first-order chi connectivity index (χ1) is 5.84. The first kappa shape index (κ1) is 9.52. The van der Waals surface area contributed by atoms with Crippen LogP contribution in [0.4, 0.5) is 0 Å². The van der Waals surface area contributed by atoms with Crippen LogP contribution in [0.25, 0.3) is 0 Å². The van der Waals surface area contributed by atoms with E-state index in [2.05, 4.69) is 0 Å². The summed E-state index contributed by atoms with van der Waals surface area (Å²) in [6.45, 7) is 2.56. The third-order valence-corrected chi connectivity index (χ3v) is 2.14. The minimum Gasteiger partial charge on any atom is -0.342 e. The quantitative estimate of drug-likeness (QED) is 0.625. The molecule has 0 saturated carbocycles. The van der Waals surface area contributed by atoms with Crippen LogP contribution in [0.3, 0.4) is 0 Å². The summed E-state index contributed by atoms with van der Waals surface area (Å²) in [6, 6.07) is 0. The number of hydrogen-bond donors (Lipinski definition) is 1. The minimum absolute atomic E-state index is 0.195. The molecular formula is C9H17N2O. The lowest BCUT2D eigenvalue weighted by atomic mass is 10.2. The molecule has 1 saturated heterocycles. The highest BCUT2D eigenvalue weighted by molar-refractivity contribution is 5.84. The SMILES string of the molecule is NCCC[CH]C(=O)N1CCCC1. The fourth-order valence-electron chi connectivity index (χ4n) is 1.41. The highest BCUT2D eigenvalue weighted by Crippen LogP contribution is 2.09. The Morgan fingerprint density at radius 3 is 2.67 bits per heavy atom. The van der Waals surface area contributed by atoms with Crippen LogP contribution in [-0.4, -0.2) is 30.4 Å². The third kappa shape index (κ3) is 2.81. The Morgan fingerprint density at radius 2 is 2.08 bits per heavy atom. The van der Waals surface area contributed by atoms with Gasteiger partial charge in [-0.2, -0.15) is 0 Å². The van der Waals surface area contributed by atoms with Crippen molar-refractivity contribution in [3.05, 3.63) is 6.42 Å². The van der Waals surface area contributed by atoms with Gasteiger partial charge in [0.2, 0.25) is 5.91 Å². The lowest BCUT2D eigenvalue weighted by Crippen LogP contribution is -2.27. The van der Waals surface area contributed by atoms with Crippen molar-refractivity contribution in [2.75, 3.05) is 19.6 Å². The normalized spacial score (nSPS) is 16.9. The zero-order valence-electron chi connectivity index (χ0n) is 7.46. The van der Waals surface area contributed by atoms with Crippen molar-refractivity contribution in [3.8, 4) is 0 Å². The van der Waals surface area contributed by atoms with Gasteiger partial charge in [-0.05, 0) is 32.2 Å². The maximum absolute atomic E-state index is 11.3. The van der Waals surface area contributed by atoms with E-state index in [1.165, 1.54) is 0 Å². The van der Waals surface area contributed by atoms with Gasteiger partial charge in [0.15, 0.2) is 0 Å². The molecule has 1 aliphatic heterocycles. The molecule has 1 radical (unpaired) electrons. The summed E-state index contributed by atoms with van der Waals surface area (Å²) in [4.78, 5) is 13.3. The molecule has 3 heteroatoms. The van der Waals surface area contributed by atoms with Gasteiger partial charge < -0.3 is 10.6 Å². The van der Waals surface area contributed by atoms with Gasteiger partial charge in [-0.15, -0.1) is 0 Å². The van der Waals surface area contributed by atoms with Gasteiger partial charge in [0.25, 0.3) is 0 Å². The number of unbranched alkanes of at least 4 members (excludes halogenated alkanes) is 1. The van der Waals surface area contributed by atoms with Crippen molar-refractivity contribution in [2.45, 2.75) is 25.7 Å². The van der Waals surface area contributed by atoms with Gasteiger partial charge in [-0.25, -0.2) is 0 Å². The molecule has 0 aliphatic carbocycles. The van der Waals surface area contributed by atoms with Crippen LogP contribution in [-0.2, 0) is 4.79 Å². The predicted octanol–water partition coefficient (Wildman–Crippen LogP) is 0.552. The maximum Gasteiger partial charge on any atom is 0.226 e. The molecule has 0 aromatic carbocycles. The molecule has 0 unspecified atom stereocenters. The topological polar surface area (TPSA) is 46.3 Å². The summed E-state index contributed by atoms with van der Waals surface area (Å²) in [6.07, 6.45) is 5.83. The van der Waals surface area contributed by atoms with Crippen molar-refractivity contribution >= 4 is 5.91 Å². The molecule has 1 rings (SSSR count). The van der Waals surface area contributed by atoms with E-state index in [4.69, 9.17) is 5.73 Å². The first-order valence-corrected chi connectivity index (χ1v) is 4.67. The van der Waals surface area contributed by atoms with Crippen LogP contribution in [0, 0.1) is 6.42 Å². The first-order valence-electron chi connectivity index (χ1n) is 4.67. The van der Waals surface area contributed by atoms with E-state index >= 15 is 0 Å². The van der Waals surface area contributed by atoms with Crippen LogP contribution in [0.5, 0.6) is 0 Å². The summed E-state index contributed by atoms with van der Waals surface area (Å²) in [5, 5.41) is 0. The zero-order chi connectivity index (χ0) is 8.81. The van der Waals surface area contributed by atoms with Crippen molar-refractivity contribution < 1.29 is 4.79 Å². The average molecular weight is 169 g/mol. The fraction of sp³-hybridized carbons (Fsp3) is 0.778. The Hall–Kier alpha value is -0.570. The van der Waals surface area contributed by atoms with E-state index in [9.17, 15) is 4.79 Å². The fourth-order valence-corrected chi connectivity index (χ4v) is 1.41. The highest BCUT2D eigenvalue weighted by atomic mass is 16.2. The average Bonchev–Trinajstić information content (AvgIpc) is 2.56. The Kier molecular flexibility index (Phi) is 4.08. The number of carbonyl (C=O) groups is 1. The van der Waals surface area contributed by atoms with Crippen molar-refractivity contribution in [1.82, 2.24) is 4.90 Å². The lowest BCUT2D eigenvalue weighted by Gasteiger charge is -2.14. The smallest absolute Gasteiger partial charge is 0.226 e. The molecular weight excluding hydrogens is 152 g/mol. The van der Waals surface area contributed by atoms with Gasteiger partial charge in [0, 0.05) is 19.5 Å². The van der Waals surface area contributed by atoms with E-state index in [-0.39, 0.29) is 5.91 Å². The lowest BCUT2D eigenvalue weighted by molar-refractivity contribution is -0.126. The molecule has 12 heavy (non-hydrogen) atoms. The van der Waals surface area contributed by atoms with Gasteiger partial charge in [-0.3, -0.25) is 4.79 Å². The minimum atomic E-state index is 0.195. The van der Waals surface area contributed by atoms with Crippen molar-refractivity contribution in [2.24, 2.45) is 5.73 Å². The molecule has 1 heterocycles. The largest absolute Gasteiger partial charge is 0.342 e. The van der Waals surface area contributed by atoms with E-state index in [0.29, 0.717) is 6.54 Å². The van der Waals surface area contributed by atoms with Crippen molar-refractivity contribution in [1.29, 1.82) is 0 Å². The Morgan fingerprint density at radius 1 is 1.42 bits per heavy atom. The predicted molar refractivity (Wildman–Crippen MR) is 48.4 cm³/mol. The number of hydrogen-bond acceptors (Lipinski definition) is 2. The second kappa shape index (κ2) is 5.14. The molecule has 0 atom stereocenters. The number of likely N-dealkylation sites (tertiary alicyclic amines) is 1. The highest BCUT2D eigenvalue weighted by Gasteiger charge is 2.16. The monoisotopic (exact) mass is 169 g/mol. The molecule has 69 valence electrons. The van der Waals surface area contributed by atoms with Gasteiger partial charge in [0.05, 0.1) is 0 Å².